The molecule has 0 aliphatic carbocycles. The van der Waals surface area contributed by atoms with Gasteiger partial charge in [0.2, 0.25) is 0 Å². The lowest BCUT2D eigenvalue weighted by Crippen LogP contribution is -2.30. The van der Waals surface area contributed by atoms with E-state index in [0.717, 1.165) is 0 Å². The van der Waals surface area contributed by atoms with Gasteiger partial charge < -0.3 is 10.1 Å². The Hall–Kier alpha value is -1.32. The van der Waals surface area contributed by atoms with Crippen molar-refractivity contribution >= 4 is 12.3 Å². The Bertz CT molecular complexity index is 165. The Morgan fingerprint density at radius 3 is 2.73 bits per heavy atom. The molecular weight excluding hydrogens is 146 g/mol. The minimum Gasteiger partial charge on any atom is -0.467 e. The molecule has 0 aromatic carbocycles. The Balaban J connectivity index is 3.68. The topological polar surface area (TPSA) is 55.4 Å². The fourth-order valence-electron chi connectivity index (χ4n) is 0.484. The van der Waals surface area contributed by atoms with Crippen LogP contribution < -0.4 is 5.32 Å². The van der Waals surface area contributed by atoms with E-state index < -0.39 is 6.04 Å². The van der Waals surface area contributed by atoms with Crippen LogP contribution in [0.15, 0.2) is 12.3 Å². The third-order valence-electron chi connectivity index (χ3n) is 1.08. The van der Waals surface area contributed by atoms with Gasteiger partial charge in [-0.3, -0.25) is 4.79 Å². The maximum atomic E-state index is 10.7. The largest absolute Gasteiger partial charge is 0.467 e. The number of carbonyl (C=O) groups excluding carboxylic acids is 2. The molecule has 4 heteroatoms. The fraction of sp³-hybridized carbons (Fsp3) is 0.429. The maximum absolute atomic E-state index is 10.7. The quantitative estimate of drug-likeness (QED) is 0.350. The van der Waals surface area contributed by atoms with E-state index in [9.17, 15) is 9.59 Å². The number of allylic oxidation sites excluding steroid dienone is 1. The highest BCUT2D eigenvalue weighted by atomic mass is 16.5. The van der Waals surface area contributed by atoms with Crippen LogP contribution in [0.2, 0.25) is 0 Å². The number of esters is 1. The van der Waals surface area contributed by atoms with Gasteiger partial charge in [0.15, 0.2) is 0 Å². The summed E-state index contributed by atoms with van der Waals surface area (Å²) in [6, 6.07) is -0.420. The SMILES string of the molecule is COC(=O)C(C)N/C=C\C=O. The van der Waals surface area contributed by atoms with Gasteiger partial charge in [0, 0.05) is 6.20 Å². The highest BCUT2D eigenvalue weighted by molar-refractivity contribution is 5.75. The van der Waals surface area contributed by atoms with E-state index in [1.807, 2.05) is 0 Å². The summed E-state index contributed by atoms with van der Waals surface area (Å²) < 4.78 is 4.42. The molecule has 0 aromatic heterocycles. The van der Waals surface area contributed by atoms with Gasteiger partial charge in [0.05, 0.1) is 7.11 Å². The van der Waals surface area contributed by atoms with Crippen LogP contribution in [0.1, 0.15) is 6.92 Å². The van der Waals surface area contributed by atoms with Crippen LogP contribution in [-0.2, 0) is 14.3 Å². The zero-order valence-corrected chi connectivity index (χ0v) is 6.53. The van der Waals surface area contributed by atoms with Gasteiger partial charge in [-0.1, -0.05) is 0 Å². The summed E-state index contributed by atoms with van der Waals surface area (Å²) in [7, 11) is 1.31. The van der Waals surface area contributed by atoms with Gasteiger partial charge in [-0.25, -0.2) is 4.79 Å². The second-order valence-electron chi connectivity index (χ2n) is 1.91. The minimum absolute atomic E-state index is 0.361. The standard InChI is InChI=1S/C7H11NO3/c1-6(7(10)11-2)8-4-3-5-9/h3-6,8H,1-2H3/b4-3-. The lowest BCUT2D eigenvalue weighted by Gasteiger charge is -2.07. The predicted octanol–water partition coefficient (Wildman–Crippen LogP) is -0.150. The van der Waals surface area contributed by atoms with Crippen molar-refractivity contribution in [2.45, 2.75) is 13.0 Å². The van der Waals surface area contributed by atoms with Crippen molar-refractivity contribution in [3.63, 3.8) is 0 Å². The molecule has 0 heterocycles. The maximum Gasteiger partial charge on any atom is 0.327 e. The summed E-state index contributed by atoms with van der Waals surface area (Å²) in [5.41, 5.74) is 0. The normalized spacial score (nSPS) is 12.5. The lowest BCUT2D eigenvalue weighted by atomic mass is 10.3. The first kappa shape index (κ1) is 9.68. The van der Waals surface area contributed by atoms with E-state index in [1.54, 1.807) is 6.92 Å². The van der Waals surface area contributed by atoms with E-state index in [2.05, 4.69) is 10.1 Å². The molecule has 0 rings (SSSR count). The first-order valence-electron chi connectivity index (χ1n) is 3.16. The molecule has 1 atom stereocenters. The molecule has 0 spiro atoms. The van der Waals surface area contributed by atoms with Crippen molar-refractivity contribution in [3.05, 3.63) is 12.3 Å². The molecule has 62 valence electrons. The van der Waals surface area contributed by atoms with Gasteiger partial charge in [-0.15, -0.1) is 0 Å². The minimum atomic E-state index is -0.420. The van der Waals surface area contributed by atoms with E-state index in [0.29, 0.717) is 6.29 Å². The number of carbonyl (C=O) groups is 2. The molecule has 0 fully saturated rings. The summed E-state index contributed by atoms with van der Waals surface area (Å²) in [5, 5.41) is 2.65. The van der Waals surface area contributed by atoms with Gasteiger partial charge in [0.25, 0.3) is 0 Å². The Kier molecular flexibility index (Phi) is 4.81. The number of ether oxygens (including phenoxy) is 1. The second kappa shape index (κ2) is 5.46. The lowest BCUT2D eigenvalue weighted by molar-refractivity contribution is -0.142. The Labute approximate surface area is 65.2 Å². The number of methoxy groups -OCH3 is 1. The first-order valence-corrected chi connectivity index (χ1v) is 3.16. The molecule has 0 saturated carbocycles. The zero-order chi connectivity index (χ0) is 8.69. The fourth-order valence-corrected chi connectivity index (χ4v) is 0.484. The van der Waals surface area contributed by atoms with Crippen molar-refractivity contribution in [2.24, 2.45) is 0 Å². The van der Waals surface area contributed by atoms with Crippen molar-refractivity contribution in [3.8, 4) is 0 Å². The molecule has 0 saturated heterocycles. The molecule has 0 aliphatic heterocycles. The van der Waals surface area contributed by atoms with Crippen LogP contribution in [0.5, 0.6) is 0 Å². The van der Waals surface area contributed by atoms with Gasteiger partial charge >= 0.3 is 5.97 Å². The van der Waals surface area contributed by atoms with Gasteiger partial charge in [-0.2, -0.15) is 0 Å². The number of nitrogens with one attached hydrogen (secondary N) is 1. The van der Waals surface area contributed by atoms with Gasteiger partial charge in [-0.05, 0) is 13.0 Å². The van der Waals surface area contributed by atoms with Crippen LogP contribution in [0.25, 0.3) is 0 Å². The monoisotopic (exact) mass is 157 g/mol. The van der Waals surface area contributed by atoms with E-state index in [-0.39, 0.29) is 5.97 Å². The van der Waals surface area contributed by atoms with Crippen LogP contribution in [0.4, 0.5) is 0 Å². The number of rotatable bonds is 4. The van der Waals surface area contributed by atoms with Crippen LogP contribution in [0.3, 0.4) is 0 Å². The summed E-state index contributed by atoms with van der Waals surface area (Å²) in [4.78, 5) is 20.5. The molecule has 4 nitrogen and oxygen atoms in total. The highest BCUT2D eigenvalue weighted by Gasteiger charge is 2.08. The summed E-state index contributed by atoms with van der Waals surface area (Å²) >= 11 is 0. The van der Waals surface area contributed by atoms with Crippen LogP contribution >= 0.6 is 0 Å². The molecule has 0 radical (unpaired) electrons. The summed E-state index contributed by atoms with van der Waals surface area (Å²) in [6.45, 7) is 1.64. The van der Waals surface area contributed by atoms with Crippen molar-refractivity contribution < 1.29 is 14.3 Å². The van der Waals surface area contributed by atoms with E-state index >= 15 is 0 Å². The average Bonchev–Trinajstić information content (AvgIpc) is 2.03. The third-order valence-corrected chi connectivity index (χ3v) is 1.08. The highest BCUT2D eigenvalue weighted by Crippen LogP contribution is 1.84. The van der Waals surface area contributed by atoms with Gasteiger partial charge in [0.1, 0.15) is 12.3 Å². The Morgan fingerprint density at radius 1 is 1.64 bits per heavy atom. The number of aldehydes is 1. The van der Waals surface area contributed by atoms with E-state index in [4.69, 9.17) is 0 Å². The molecule has 1 N–H and O–H groups in total. The third kappa shape index (κ3) is 4.13. The first-order chi connectivity index (χ1) is 5.22. The van der Waals surface area contributed by atoms with E-state index in [1.165, 1.54) is 19.4 Å². The molecule has 11 heavy (non-hydrogen) atoms. The van der Waals surface area contributed by atoms with Crippen molar-refractivity contribution in [1.29, 1.82) is 0 Å². The van der Waals surface area contributed by atoms with Crippen LogP contribution in [0, 0.1) is 0 Å². The molecular formula is C7H11NO3. The summed E-state index contributed by atoms with van der Waals surface area (Å²) in [6.07, 6.45) is 3.28. The molecule has 0 aromatic rings. The van der Waals surface area contributed by atoms with Crippen LogP contribution in [-0.4, -0.2) is 25.4 Å². The predicted molar refractivity (Wildman–Crippen MR) is 39.8 cm³/mol. The molecule has 0 bridgehead atoms. The number of hydrogen-bond donors (Lipinski definition) is 1. The second-order valence-corrected chi connectivity index (χ2v) is 1.91. The van der Waals surface area contributed by atoms with Crippen molar-refractivity contribution in [2.75, 3.05) is 7.11 Å². The average molecular weight is 157 g/mol. The molecule has 1 unspecified atom stereocenters. The zero-order valence-electron chi connectivity index (χ0n) is 6.53. The number of hydrogen-bond acceptors (Lipinski definition) is 4. The smallest absolute Gasteiger partial charge is 0.327 e. The Morgan fingerprint density at radius 2 is 2.27 bits per heavy atom. The summed E-state index contributed by atoms with van der Waals surface area (Å²) in [5.74, 6) is -0.361. The van der Waals surface area contributed by atoms with Crippen molar-refractivity contribution in [1.82, 2.24) is 5.32 Å². The molecule has 0 amide bonds. The molecule has 0 aliphatic rings.